The zero-order valence-electron chi connectivity index (χ0n) is 20.9. The number of carbonyl (C=O) groups is 1. The lowest BCUT2D eigenvalue weighted by Gasteiger charge is -2.13. The van der Waals surface area contributed by atoms with Crippen LogP contribution in [0.5, 0.6) is 11.5 Å². The maximum atomic E-state index is 12.7. The molecule has 4 aromatic rings. The van der Waals surface area contributed by atoms with E-state index < -0.39 is 0 Å². The Morgan fingerprint density at radius 2 is 1.77 bits per heavy atom. The summed E-state index contributed by atoms with van der Waals surface area (Å²) in [5.41, 5.74) is 7.59. The number of methoxy groups -OCH3 is 1. The van der Waals surface area contributed by atoms with E-state index in [4.69, 9.17) is 13.9 Å². The van der Waals surface area contributed by atoms with Crippen molar-refractivity contribution in [2.24, 2.45) is 0 Å². The van der Waals surface area contributed by atoms with Gasteiger partial charge in [-0.2, -0.15) is 0 Å². The number of fused-ring (bicyclic) bond motifs is 1. The summed E-state index contributed by atoms with van der Waals surface area (Å²) in [6.07, 6.45) is 3.39. The molecule has 0 fully saturated rings. The minimum atomic E-state index is -0.151. The summed E-state index contributed by atoms with van der Waals surface area (Å²) >= 11 is 0. The van der Waals surface area contributed by atoms with Crippen molar-refractivity contribution in [1.29, 1.82) is 0 Å². The fourth-order valence-electron chi connectivity index (χ4n) is 4.21. The maximum Gasteiger partial charge on any atom is 0.244 e. The van der Waals surface area contributed by atoms with Gasteiger partial charge in [-0.05, 0) is 62.6 Å². The average Bonchev–Trinajstić information content (AvgIpc) is 3.28. The van der Waals surface area contributed by atoms with Gasteiger partial charge < -0.3 is 19.2 Å². The summed E-state index contributed by atoms with van der Waals surface area (Å²) in [5.74, 6) is 1.38. The molecule has 1 heterocycles. The molecule has 0 bridgehead atoms. The number of aryl methyl sites for hydroxylation is 2. The molecule has 1 N–H and O–H groups in total. The van der Waals surface area contributed by atoms with Crippen LogP contribution in [0.25, 0.3) is 27.7 Å². The first-order valence-corrected chi connectivity index (χ1v) is 11.7. The van der Waals surface area contributed by atoms with Gasteiger partial charge in [-0.15, -0.1) is 0 Å². The van der Waals surface area contributed by atoms with Crippen molar-refractivity contribution in [3.8, 4) is 22.6 Å². The van der Waals surface area contributed by atoms with Crippen LogP contribution in [0.15, 0.2) is 71.4 Å². The minimum absolute atomic E-state index is 0.151. The van der Waals surface area contributed by atoms with E-state index in [0.29, 0.717) is 18.9 Å². The van der Waals surface area contributed by atoms with Gasteiger partial charge in [0.1, 0.15) is 17.1 Å². The van der Waals surface area contributed by atoms with Gasteiger partial charge in [-0.3, -0.25) is 4.79 Å². The van der Waals surface area contributed by atoms with Crippen LogP contribution in [0, 0.1) is 13.8 Å². The Bertz CT molecular complexity index is 1360. The second kappa shape index (κ2) is 10.5. The van der Waals surface area contributed by atoms with Crippen molar-refractivity contribution >= 4 is 22.4 Å². The zero-order valence-corrected chi connectivity index (χ0v) is 20.9. The van der Waals surface area contributed by atoms with Crippen LogP contribution >= 0.6 is 0 Å². The van der Waals surface area contributed by atoms with Crippen LogP contribution in [0.4, 0.5) is 0 Å². The molecule has 0 atom stereocenters. The third-order valence-corrected chi connectivity index (χ3v) is 6.08. The minimum Gasteiger partial charge on any atom is -0.496 e. The molecule has 0 radical (unpaired) electrons. The third kappa shape index (κ3) is 5.24. The molecule has 1 aromatic heterocycles. The number of ether oxygens (including phenoxy) is 2. The zero-order chi connectivity index (χ0) is 24.9. The van der Waals surface area contributed by atoms with E-state index in [1.165, 1.54) is 5.56 Å². The second-order valence-corrected chi connectivity index (χ2v) is 8.60. The Morgan fingerprint density at radius 3 is 2.43 bits per heavy atom. The van der Waals surface area contributed by atoms with Gasteiger partial charge in [0.25, 0.3) is 0 Å². The van der Waals surface area contributed by atoms with E-state index in [1.54, 1.807) is 19.4 Å². The first-order chi connectivity index (χ1) is 16.9. The molecule has 0 saturated heterocycles. The Kier molecular flexibility index (Phi) is 7.25. The number of benzene rings is 3. The number of hydrogen-bond acceptors (Lipinski definition) is 4. The molecular weight excluding hydrogens is 438 g/mol. The van der Waals surface area contributed by atoms with Crippen LogP contribution < -0.4 is 14.8 Å². The monoisotopic (exact) mass is 469 g/mol. The number of allylic oxidation sites excluding steroid dienone is 1. The molecule has 1 amide bonds. The van der Waals surface area contributed by atoms with Crippen LogP contribution in [0.3, 0.4) is 0 Å². The van der Waals surface area contributed by atoms with Gasteiger partial charge in [0, 0.05) is 34.7 Å². The lowest BCUT2D eigenvalue weighted by molar-refractivity contribution is -0.116. The summed E-state index contributed by atoms with van der Waals surface area (Å²) in [6.45, 7) is 9.00. The molecule has 0 aliphatic rings. The average molecular weight is 470 g/mol. The Hall–Kier alpha value is -3.99. The first kappa shape index (κ1) is 24.1. The standard InChI is InChI=1S/C30H31NO4/c1-6-34-24-13-11-23(12-14-24)27-18-35-30-21(4)29(33-5)25(16-26(27)30)20(3)15-28(32)31-17-22-9-7-19(2)8-10-22/h7-16,18H,6,17H2,1-5H3,(H,31,32)/b20-15+. The number of nitrogens with one attached hydrogen (secondary N) is 1. The molecule has 0 aliphatic carbocycles. The summed E-state index contributed by atoms with van der Waals surface area (Å²) < 4.78 is 17.3. The molecule has 3 aromatic carbocycles. The highest BCUT2D eigenvalue weighted by atomic mass is 16.5. The molecule has 0 aliphatic heterocycles. The second-order valence-electron chi connectivity index (χ2n) is 8.60. The molecule has 5 heteroatoms. The number of hydrogen-bond donors (Lipinski definition) is 1. The number of amides is 1. The van der Waals surface area contributed by atoms with Crippen molar-refractivity contribution in [2.75, 3.05) is 13.7 Å². The predicted molar refractivity (Wildman–Crippen MR) is 141 cm³/mol. The van der Waals surface area contributed by atoms with E-state index >= 15 is 0 Å². The van der Waals surface area contributed by atoms with Crippen molar-refractivity contribution in [2.45, 2.75) is 34.2 Å². The normalized spacial score (nSPS) is 11.5. The van der Waals surface area contributed by atoms with Crippen molar-refractivity contribution in [3.05, 3.63) is 89.2 Å². The van der Waals surface area contributed by atoms with Gasteiger partial charge in [0.15, 0.2) is 0 Å². The topological polar surface area (TPSA) is 60.7 Å². The number of rotatable bonds is 8. The maximum absolute atomic E-state index is 12.7. The molecule has 0 unspecified atom stereocenters. The Labute approximate surface area is 206 Å². The van der Waals surface area contributed by atoms with Crippen molar-refractivity contribution in [1.82, 2.24) is 5.32 Å². The van der Waals surface area contributed by atoms with Crippen LogP contribution in [-0.2, 0) is 11.3 Å². The van der Waals surface area contributed by atoms with E-state index in [0.717, 1.165) is 50.1 Å². The number of furan rings is 1. The molecule has 0 saturated carbocycles. The Morgan fingerprint density at radius 1 is 1.06 bits per heavy atom. The summed E-state index contributed by atoms with van der Waals surface area (Å²) in [5, 5.41) is 3.94. The lowest BCUT2D eigenvalue weighted by atomic mass is 9.96. The summed E-state index contributed by atoms with van der Waals surface area (Å²) in [4.78, 5) is 12.7. The SMILES string of the molecule is CCOc1ccc(-c2coc3c(C)c(OC)c(/C(C)=C/C(=O)NCc4ccc(C)cc4)cc23)cc1. The highest BCUT2D eigenvalue weighted by molar-refractivity contribution is 6.01. The van der Waals surface area contributed by atoms with Crippen LogP contribution in [0.1, 0.15) is 36.1 Å². The molecule has 0 spiro atoms. The first-order valence-electron chi connectivity index (χ1n) is 11.7. The highest BCUT2D eigenvalue weighted by Crippen LogP contribution is 2.40. The van der Waals surface area contributed by atoms with E-state index in [9.17, 15) is 4.79 Å². The quantitative estimate of drug-likeness (QED) is 0.287. The lowest BCUT2D eigenvalue weighted by Crippen LogP contribution is -2.20. The summed E-state index contributed by atoms with van der Waals surface area (Å²) in [6, 6.07) is 18.1. The fraction of sp³-hybridized carbons (Fsp3) is 0.233. The van der Waals surface area contributed by atoms with Gasteiger partial charge >= 0.3 is 0 Å². The third-order valence-electron chi connectivity index (χ3n) is 6.08. The predicted octanol–water partition coefficient (Wildman–Crippen LogP) is 6.84. The van der Waals surface area contributed by atoms with Crippen LogP contribution in [0.2, 0.25) is 0 Å². The van der Waals surface area contributed by atoms with Crippen LogP contribution in [-0.4, -0.2) is 19.6 Å². The number of carbonyl (C=O) groups excluding carboxylic acids is 1. The van der Waals surface area contributed by atoms with E-state index in [2.05, 4.69) is 5.32 Å². The smallest absolute Gasteiger partial charge is 0.244 e. The van der Waals surface area contributed by atoms with Crippen molar-refractivity contribution < 1.29 is 18.7 Å². The van der Waals surface area contributed by atoms with Gasteiger partial charge in [0.05, 0.1) is 20.0 Å². The Balaban J connectivity index is 1.65. The fourth-order valence-corrected chi connectivity index (χ4v) is 4.21. The van der Waals surface area contributed by atoms with Gasteiger partial charge in [-0.1, -0.05) is 42.0 Å². The van der Waals surface area contributed by atoms with E-state index in [-0.39, 0.29) is 5.91 Å². The van der Waals surface area contributed by atoms with Gasteiger partial charge in [-0.25, -0.2) is 0 Å². The highest BCUT2D eigenvalue weighted by Gasteiger charge is 2.19. The molecule has 180 valence electrons. The van der Waals surface area contributed by atoms with Crippen molar-refractivity contribution in [3.63, 3.8) is 0 Å². The molecule has 35 heavy (non-hydrogen) atoms. The molecule has 4 rings (SSSR count). The summed E-state index contributed by atoms with van der Waals surface area (Å²) in [7, 11) is 1.64. The molecular formula is C30H31NO4. The largest absolute Gasteiger partial charge is 0.496 e. The van der Waals surface area contributed by atoms with E-state index in [1.807, 2.05) is 82.3 Å². The van der Waals surface area contributed by atoms with Gasteiger partial charge in [0.2, 0.25) is 5.91 Å². The molecule has 5 nitrogen and oxygen atoms in total.